The Morgan fingerprint density at radius 1 is 1.47 bits per heavy atom. The molecule has 30 heavy (non-hydrogen) atoms. The fourth-order valence-corrected chi connectivity index (χ4v) is 3.30. The second-order valence-corrected chi connectivity index (χ2v) is 7.03. The molecule has 2 saturated heterocycles. The van der Waals surface area contributed by atoms with E-state index < -0.39 is 12.1 Å². The van der Waals surface area contributed by atoms with E-state index in [4.69, 9.17) is 19.4 Å². The molecule has 2 fully saturated rings. The van der Waals surface area contributed by atoms with Crippen molar-refractivity contribution in [1.29, 1.82) is 0 Å². The standard InChI is InChI=1S/C16H22FN3O3.C2HF3O2/c1-18-15(21)10-22-13-6-16(23-9-13)3-5-20(11-16)8-12-2-4-19-7-14(12)17;3-2(4,5)1(6)7/h2,4,7,13H,3,5-6,8-11H2,1H3,(H,18,21);(H,6,7). The third kappa shape index (κ3) is 6.89. The average Bonchev–Trinajstić information content (AvgIpc) is 3.27. The summed E-state index contributed by atoms with van der Waals surface area (Å²) in [6.07, 6.45) is -0.599. The minimum absolute atomic E-state index is 0.0510. The van der Waals surface area contributed by atoms with Crippen LogP contribution in [0, 0.1) is 5.82 Å². The highest BCUT2D eigenvalue weighted by Gasteiger charge is 2.46. The van der Waals surface area contributed by atoms with E-state index in [-0.39, 0.29) is 30.0 Å². The zero-order valence-corrected chi connectivity index (χ0v) is 16.2. The lowest BCUT2D eigenvalue weighted by Crippen LogP contribution is -2.33. The number of carbonyl (C=O) groups is 2. The van der Waals surface area contributed by atoms with Crippen LogP contribution in [-0.4, -0.2) is 78.1 Å². The van der Waals surface area contributed by atoms with Gasteiger partial charge in [0.15, 0.2) is 0 Å². The van der Waals surface area contributed by atoms with Crippen LogP contribution in [0.15, 0.2) is 18.5 Å². The number of aliphatic carboxylic acids is 1. The summed E-state index contributed by atoms with van der Waals surface area (Å²) in [4.78, 5) is 26.1. The molecule has 1 aromatic heterocycles. The van der Waals surface area contributed by atoms with E-state index in [1.807, 2.05) is 0 Å². The number of aromatic nitrogens is 1. The molecular formula is C18H23F4N3O5. The van der Waals surface area contributed by atoms with Gasteiger partial charge in [0.05, 0.1) is 24.5 Å². The zero-order valence-electron chi connectivity index (χ0n) is 16.2. The van der Waals surface area contributed by atoms with Gasteiger partial charge in [-0.1, -0.05) is 0 Å². The van der Waals surface area contributed by atoms with Crippen molar-refractivity contribution in [3.8, 4) is 0 Å². The smallest absolute Gasteiger partial charge is 0.475 e. The Hall–Kier alpha value is -2.31. The van der Waals surface area contributed by atoms with E-state index in [9.17, 15) is 22.4 Å². The first kappa shape index (κ1) is 24.0. The molecule has 0 radical (unpaired) electrons. The maximum absolute atomic E-state index is 13.7. The summed E-state index contributed by atoms with van der Waals surface area (Å²) in [7, 11) is 1.59. The fraction of sp³-hybridized carbons (Fsp3) is 0.611. The highest BCUT2D eigenvalue weighted by atomic mass is 19.4. The Morgan fingerprint density at radius 2 is 2.17 bits per heavy atom. The summed E-state index contributed by atoms with van der Waals surface area (Å²) >= 11 is 0. The van der Waals surface area contributed by atoms with Gasteiger partial charge in [0.25, 0.3) is 0 Å². The number of rotatable bonds is 5. The lowest BCUT2D eigenvalue weighted by Gasteiger charge is -2.23. The molecule has 12 heteroatoms. The minimum atomic E-state index is -5.08. The first-order valence-corrected chi connectivity index (χ1v) is 9.11. The molecule has 0 aromatic carbocycles. The summed E-state index contributed by atoms with van der Waals surface area (Å²) < 4.78 is 57.0. The van der Waals surface area contributed by atoms with Gasteiger partial charge in [-0.05, 0) is 12.5 Å². The van der Waals surface area contributed by atoms with Crippen molar-refractivity contribution >= 4 is 11.9 Å². The van der Waals surface area contributed by atoms with Crippen LogP contribution in [0.4, 0.5) is 17.6 Å². The Morgan fingerprint density at radius 3 is 2.77 bits per heavy atom. The third-order valence-corrected chi connectivity index (χ3v) is 4.79. The fourth-order valence-electron chi connectivity index (χ4n) is 3.30. The number of alkyl halides is 3. The summed E-state index contributed by atoms with van der Waals surface area (Å²) in [5.74, 6) is -3.16. The van der Waals surface area contributed by atoms with Crippen molar-refractivity contribution in [1.82, 2.24) is 15.2 Å². The number of likely N-dealkylation sites (tertiary alicyclic amines) is 1. The van der Waals surface area contributed by atoms with Gasteiger partial charge in [0, 0.05) is 44.9 Å². The summed E-state index contributed by atoms with van der Waals surface area (Å²) in [5.41, 5.74) is 0.430. The van der Waals surface area contributed by atoms with Crippen molar-refractivity contribution in [3.05, 3.63) is 29.8 Å². The number of carboxylic acid groups (broad SMARTS) is 1. The van der Waals surface area contributed by atoms with Crippen LogP contribution >= 0.6 is 0 Å². The number of halogens is 4. The highest BCUT2D eigenvalue weighted by Crippen LogP contribution is 2.36. The van der Waals surface area contributed by atoms with Gasteiger partial charge in [-0.15, -0.1) is 0 Å². The predicted octanol–water partition coefficient (Wildman–Crippen LogP) is 1.35. The number of carbonyl (C=O) groups excluding carboxylic acids is 1. The molecule has 1 amide bonds. The molecule has 1 aromatic rings. The van der Waals surface area contributed by atoms with Crippen LogP contribution in [0.1, 0.15) is 18.4 Å². The Labute approximate surface area is 170 Å². The molecule has 168 valence electrons. The number of ether oxygens (including phenoxy) is 2. The Kier molecular flexibility index (Phi) is 8.10. The first-order valence-electron chi connectivity index (χ1n) is 9.11. The first-order chi connectivity index (χ1) is 14.0. The molecule has 2 aliphatic rings. The van der Waals surface area contributed by atoms with Crippen molar-refractivity contribution in [2.75, 3.05) is 33.4 Å². The number of carboxylic acids is 1. The van der Waals surface area contributed by atoms with Crippen LogP contribution in [0.2, 0.25) is 0 Å². The zero-order chi connectivity index (χ0) is 22.4. The molecule has 0 saturated carbocycles. The van der Waals surface area contributed by atoms with Crippen LogP contribution in [0.25, 0.3) is 0 Å². The normalized spacial score (nSPS) is 23.8. The van der Waals surface area contributed by atoms with Crippen LogP contribution in [0.3, 0.4) is 0 Å². The topological polar surface area (TPSA) is 101 Å². The van der Waals surface area contributed by atoms with Crippen LogP contribution in [0.5, 0.6) is 0 Å². The number of nitrogens with zero attached hydrogens (tertiary/aromatic N) is 2. The monoisotopic (exact) mass is 437 g/mol. The molecule has 2 atom stereocenters. The molecule has 2 N–H and O–H groups in total. The SMILES string of the molecule is CNC(=O)COC1COC2(CCN(Cc3ccncc3F)C2)C1.O=C(O)C(F)(F)F. The highest BCUT2D eigenvalue weighted by molar-refractivity contribution is 5.76. The second kappa shape index (κ2) is 10.1. The van der Waals surface area contributed by atoms with Crippen molar-refractivity contribution < 1.29 is 41.7 Å². The Balaban J connectivity index is 0.000000396. The molecule has 8 nitrogen and oxygen atoms in total. The molecule has 1 spiro atoms. The van der Waals surface area contributed by atoms with Crippen molar-refractivity contribution in [2.45, 2.75) is 37.3 Å². The maximum atomic E-state index is 13.7. The lowest BCUT2D eigenvalue weighted by molar-refractivity contribution is -0.192. The van der Waals surface area contributed by atoms with Gasteiger partial charge < -0.3 is 19.9 Å². The van der Waals surface area contributed by atoms with Gasteiger partial charge in [0.1, 0.15) is 12.4 Å². The maximum Gasteiger partial charge on any atom is 0.490 e. The van der Waals surface area contributed by atoms with Gasteiger partial charge in [0.2, 0.25) is 5.91 Å². The number of hydrogen-bond donors (Lipinski definition) is 2. The van der Waals surface area contributed by atoms with Crippen LogP contribution in [-0.2, 0) is 25.6 Å². The molecule has 3 rings (SSSR count). The van der Waals surface area contributed by atoms with E-state index in [1.54, 1.807) is 19.3 Å². The van der Waals surface area contributed by atoms with Crippen LogP contribution < -0.4 is 5.32 Å². The number of pyridine rings is 1. The molecule has 2 unspecified atom stereocenters. The quantitative estimate of drug-likeness (QED) is 0.671. The summed E-state index contributed by atoms with van der Waals surface area (Å²) in [6.45, 7) is 2.75. The number of nitrogens with one attached hydrogen (secondary N) is 1. The second-order valence-electron chi connectivity index (χ2n) is 7.03. The molecular weight excluding hydrogens is 414 g/mol. The van der Waals surface area contributed by atoms with Gasteiger partial charge in [-0.2, -0.15) is 13.2 Å². The van der Waals surface area contributed by atoms with Gasteiger partial charge in [-0.3, -0.25) is 14.7 Å². The predicted molar refractivity (Wildman–Crippen MR) is 94.9 cm³/mol. The molecule has 0 aliphatic carbocycles. The Bertz CT molecular complexity index is 749. The van der Waals surface area contributed by atoms with Gasteiger partial charge in [-0.25, -0.2) is 9.18 Å². The summed E-state index contributed by atoms with van der Waals surface area (Å²) in [6, 6.07) is 1.71. The minimum Gasteiger partial charge on any atom is -0.475 e. The van der Waals surface area contributed by atoms with E-state index in [2.05, 4.69) is 15.2 Å². The van der Waals surface area contributed by atoms with E-state index >= 15 is 0 Å². The van der Waals surface area contributed by atoms with E-state index in [0.717, 1.165) is 25.9 Å². The summed E-state index contributed by atoms with van der Waals surface area (Å²) in [5, 5.41) is 9.66. The number of hydrogen-bond acceptors (Lipinski definition) is 6. The average molecular weight is 437 g/mol. The number of amides is 1. The molecule has 3 heterocycles. The molecule has 2 aliphatic heterocycles. The third-order valence-electron chi connectivity index (χ3n) is 4.79. The van der Waals surface area contributed by atoms with Crippen molar-refractivity contribution in [3.63, 3.8) is 0 Å². The largest absolute Gasteiger partial charge is 0.490 e. The lowest BCUT2D eigenvalue weighted by atomic mass is 9.98. The number of likely N-dealkylation sites (N-methyl/N-ethyl adjacent to an activating group) is 1. The molecule has 0 bridgehead atoms. The van der Waals surface area contributed by atoms with Crippen molar-refractivity contribution in [2.24, 2.45) is 0 Å². The van der Waals surface area contributed by atoms with Gasteiger partial charge >= 0.3 is 12.1 Å². The van der Waals surface area contributed by atoms with E-state index in [1.165, 1.54) is 6.20 Å². The van der Waals surface area contributed by atoms with E-state index in [0.29, 0.717) is 18.7 Å².